The second kappa shape index (κ2) is 11.7. The molecule has 4 atom stereocenters. The van der Waals surface area contributed by atoms with Crippen LogP contribution < -0.4 is 9.05 Å². The van der Waals surface area contributed by atoms with Gasteiger partial charge in [-0.25, -0.2) is 0 Å². The van der Waals surface area contributed by atoms with Gasteiger partial charge in [0, 0.05) is 29.3 Å². The Morgan fingerprint density at radius 2 is 1.47 bits per heavy atom. The Hall–Kier alpha value is -1.86. The summed E-state index contributed by atoms with van der Waals surface area (Å²) in [5.41, 5.74) is 2.40. The molecule has 0 saturated carbocycles. The summed E-state index contributed by atoms with van der Waals surface area (Å²) in [7, 11) is 2.23. The van der Waals surface area contributed by atoms with E-state index in [-0.39, 0.29) is 20.3 Å². The quantitative estimate of drug-likeness (QED) is 0.307. The fraction of sp³-hybridized carbons (Fsp3) is 0.429. The summed E-state index contributed by atoms with van der Waals surface area (Å²) < 4.78 is 24.7. The maximum Gasteiger partial charge on any atom is 0.162 e. The maximum atomic E-state index is 6.57. The first-order valence-corrected chi connectivity index (χ1v) is 13.7. The molecule has 0 fully saturated rings. The molecular formula is C28H38O4P2. The van der Waals surface area contributed by atoms with Gasteiger partial charge in [-0.2, -0.15) is 0 Å². The van der Waals surface area contributed by atoms with Gasteiger partial charge in [-0.15, -0.1) is 0 Å². The van der Waals surface area contributed by atoms with Crippen LogP contribution in [-0.4, -0.2) is 24.2 Å². The maximum absolute atomic E-state index is 6.57. The summed E-state index contributed by atoms with van der Waals surface area (Å²) in [4.78, 5) is 0. The number of allylic oxidation sites excluding steroid dienone is 1. The minimum Gasteiger partial charge on any atom is -0.480 e. The lowest BCUT2D eigenvalue weighted by molar-refractivity contribution is 0.00621. The van der Waals surface area contributed by atoms with E-state index in [0.717, 1.165) is 34.8 Å². The zero-order valence-corrected chi connectivity index (χ0v) is 23.3. The van der Waals surface area contributed by atoms with Crippen molar-refractivity contribution in [3.63, 3.8) is 0 Å². The standard InChI is InChI=1S/C28H38O4P2/c1-20(2)33-31-25-14-10-8-12-23(25)24-13-9-11-15-26(24)32-34-28(6,27(3,4)5)30-22-18-16-21(29-7)17-19-22/h8-16,18-21,33-34H,17H2,1-7H3. The average Bonchev–Trinajstić information content (AvgIpc) is 2.81. The fourth-order valence-electron chi connectivity index (χ4n) is 3.28. The molecule has 6 heteroatoms. The molecule has 0 spiro atoms. The van der Waals surface area contributed by atoms with E-state index in [2.05, 4.69) is 59.8 Å². The highest BCUT2D eigenvalue weighted by molar-refractivity contribution is 7.34. The van der Waals surface area contributed by atoms with Crippen molar-refractivity contribution in [2.75, 3.05) is 7.11 Å². The Morgan fingerprint density at radius 1 is 0.882 bits per heavy atom. The minimum atomic E-state index is -0.523. The second-order valence-corrected chi connectivity index (χ2v) is 12.9. The van der Waals surface area contributed by atoms with Crippen molar-refractivity contribution in [2.45, 2.75) is 65.1 Å². The molecule has 0 bridgehead atoms. The zero-order chi connectivity index (χ0) is 24.8. The lowest BCUT2D eigenvalue weighted by Crippen LogP contribution is -2.38. The Bertz CT molecular complexity index is 1010. The monoisotopic (exact) mass is 500 g/mol. The van der Waals surface area contributed by atoms with Gasteiger partial charge < -0.3 is 18.5 Å². The van der Waals surface area contributed by atoms with E-state index < -0.39 is 5.34 Å². The van der Waals surface area contributed by atoms with Crippen molar-refractivity contribution in [1.29, 1.82) is 0 Å². The molecular weight excluding hydrogens is 462 g/mol. The molecule has 0 N–H and O–H groups in total. The van der Waals surface area contributed by atoms with Crippen LogP contribution in [0.5, 0.6) is 11.5 Å². The predicted octanol–water partition coefficient (Wildman–Crippen LogP) is 8.34. The first kappa shape index (κ1) is 26.7. The van der Waals surface area contributed by atoms with Gasteiger partial charge in [-0.05, 0) is 37.6 Å². The third kappa shape index (κ3) is 6.85. The molecule has 3 rings (SSSR count). The van der Waals surface area contributed by atoms with Gasteiger partial charge in [0.1, 0.15) is 26.1 Å². The number of rotatable bonds is 10. The molecule has 4 unspecified atom stereocenters. The third-order valence-corrected chi connectivity index (χ3v) is 8.28. The van der Waals surface area contributed by atoms with Gasteiger partial charge in [0.25, 0.3) is 0 Å². The van der Waals surface area contributed by atoms with Crippen molar-refractivity contribution in [3.8, 4) is 22.6 Å². The van der Waals surface area contributed by atoms with Crippen molar-refractivity contribution < 1.29 is 18.5 Å². The molecule has 1 aliphatic carbocycles. The largest absolute Gasteiger partial charge is 0.480 e. The lowest BCUT2D eigenvalue weighted by Gasteiger charge is -2.41. The van der Waals surface area contributed by atoms with Crippen LogP contribution >= 0.6 is 17.6 Å². The SMILES string of the molecule is COC1C=CC(OC(C)(POc2ccccc2-c2ccccc2OPC(C)C)C(C)(C)C)=CC1. The summed E-state index contributed by atoms with van der Waals surface area (Å²) in [6.45, 7) is 13.0. The van der Waals surface area contributed by atoms with E-state index in [0.29, 0.717) is 14.5 Å². The van der Waals surface area contributed by atoms with Crippen LogP contribution in [-0.2, 0) is 9.47 Å². The molecule has 0 aromatic heterocycles. The number of methoxy groups -OCH3 is 1. The van der Waals surface area contributed by atoms with Crippen LogP contribution in [0.4, 0.5) is 0 Å². The fourth-order valence-corrected chi connectivity index (χ4v) is 4.77. The molecule has 2 aromatic carbocycles. The highest BCUT2D eigenvalue weighted by Gasteiger charge is 2.42. The Kier molecular flexibility index (Phi) is 9.21. The van der Waals surface area contributed by atoms with Gasteiger partial charge in [-0.3, -0.25) is 0 Å². The molecule has 0 amide bonds. The number of ether oxygens (including phenoxy) is 2. The Balaban J connectivity index is 1.83. The average molecular weight is 501 g/mol. The Morgan fingerprint density at radius 3 is 1.97 bits per heavy atom. The van der Waals surface area contributed by atoms with Crippen LogP contribution in [0.2, 0.25) is 0 Å². The van der Waals surface area contributed by atoms with Crippen molar-refractivity contribution in [3.05, 3.63) is 72.5 Å². The zero-order valence-electron chi connectivity index (χ0n) is 21.3. The third-order valence-electron chi connectivity index (χ3n) is 5.91. The van der Waals surface area contributed by atoms with Crippen molar-refractivity contribution in [1.82, 2.24) is 0 Å². The minimum absolute atomic E-state index is 0.0913. The van der Waals surface area contributed by atoms with Gasteiger partial charge >= 0.3 is 0 Å². The van der Waals surface area contributed by atoms with E-state index in [1.54, 1.807) is 7.11 Å². The van der Waals surface area contributed by atoms with Gasteiger partial charge in [0.05, 0.1) is 14.9 Å². The molecule has 4 nitrogen and oxygen atoms in total. The summed E-state index contributed by atoms with van der Waals surface area (Å²) in [5.74, 6) is 2.58. The number of para-hydroxylation sites is 2. The van der Waals surface area contributed by atoms with E-state index in [9.17, 15) is 0 Å². The molecule has 0 aliphatic heterocycles. The predicted molar refractivity (Wildman–Crippen MR) is 146 cm³/mol. The molecule has 184 valence electrons. The molecule has 0 heterocycles. The van der Waals surface area contributed by atoms with Gasteiger partial charge in [0.2, 0.25) is 0 Å². The first-order valence-electron chi connectivity index (χ1n) is 11.8. The van der Waals surface area contributed by atoms with Crippen molar-refractivity contribution in [2.24, 2.45) is 5.41 Å². The van der Waals surface area contributed by atoms with E-state index >= 15 is 0 Å². The van der Waals surface area contributed by atoms with E-state index in [1.165, 1.54) is 0 Å². The smallest absolute Gasteiger partial charge is 0.162 e. The molecule has 1 aliphatic rings. The topological polar surface area (TPSA) is 36.9 Å². The molecule has 34 heavy (non-hydrogen) atoms. The summed E-state index contributed by atoms with van der Waals surface area (Å²) >= 11 is 0. The van der Waals surface area contributed by atoms with Gasteiger partial charge in [-0.1, -0.05) is 77.1 Å². The number of benzene rings is 2. The van der Waals surface area contributed by atoms with Gasteiger partial charge in [0.15, 0.2) is 5.34 Å². The van der Waals surface area contributed by atoms with E-state index in [1.807, 2.05) is 48.6 Å². The Labute approximate surface area is 208 Å². The lowest BCUT2D eigenvalue weighted by atomic mass is 9.89. The van der Waals surface area contributed by atoms with Crippen LogP contribution in [0.25, 0.3) is 11.1 Å². The van der Waals surface area contributed by atoms with Crippen molar-refractivity contribution >= 4 is 17.6 Å². The highest BCUT2D eigenvalue weighted by Crippen LogP contribution is 2.50. The summed E-state index contributed by atoms with van der Waals surface area (Å²) in [5, 5.41) is -0.523. The van der Waals surface area contributed by atoms with Crippen LogP contribution in [0.15, 0.2) is 72.5 Å². The van der Waals surface area contributed by atoms with Crippen LogP contribution in [0, 0.1) is 5.41 Å². The molecule has 0 saturated heterocycles. The highest BCUT2D eigenvalue weighted by atomic mass is 31.1. The molecule has 0 radical (unpaired) electrons. The van der Waals surface area contributed by atoms with Crippen LogP contribution in [0.1, 0.15) is 48.0 Å². The van der Waals surface area contributed by atoms with E-state index in [4.69, 9.17) is 18.5 Å². The number of hydrogen-bond donors (Lipinski definition) is 0. The molecule has 2 aromatic rings. The first-order chi connectivity index (χ1) is 16.1. The summed E-state index contributed by atoms with van der Waals surface area (Å²) in [6.07, 6.45) is 7.07. The second-order valence-electron chi connectivity index (χ2n) is 9.93. The van der Waals surface area contributed by atoms with Crippen LogP contribution in [0.3, 0.4) is 0 Å². The normalized spacial score (nSPS) is 18.5. The number of hydrogen-bond acceptors (Lipinski definition) is 4. The summed E-state index contributed by atoms with van der Waals surface area (Å²) in [6, 6.07) is 16.3.